The molecule has 0 amide bonds. The molecule has 0 radical (unpaired) electrons. The first kappa shape index (κ1) is 15.3. The third kappa shape index (κ3) is 4.73. The number of piperazine rings is 1. The maximum absolute atomic E-state index is 6.31. The van der Waals surface area contributed by atoms with Crippen molar-refractivity contribution in [2.45, 2.75) is 46.1 Å². The molecule has 0 bridgehead atoms. The summed E-state index contributed by atoms with van der Waals surface area (Å²) >= 11 is 0. The van der Waals surface area contributed by atoms with Gasteiger partial charge in [0.1, 0.15) is 0 Å². The summed E-state index contributed by atoms with van der Waals surface area (Å²) in [5, 5.41) is 0. The lowest BCUT2D eigenvalue weighted by Gasteiger charge is -2.40. The molecular weight excluding hydrogens is 234 g/mol. The first-order chi connectivity index (χ1) is 9.04. The van der Waals surface area contributed by atoms with Crippen LogP contribution in [0.15, 0.2) is 0 Å². The SMILES string of the molecule is CC(C)CN1CCN(CC2CC(C)CCC2N)CC1. The van der Waals surface area contributed by atoms with E-state index in [1.54, 1.807) is 0 Å². The molecule has 2 fully saturated rings. The molecule has 3 heteroatoms. The Hall–Kier alpha value is -0.120. The molecule has 2 aliphatic rings. The lowest BCUT2D eigenvalue weighted by atomic mass is 9.79. The quantitative estimate of drug-likeness (QED) is 0.846. The molecule has 3 atom stereocenters. The van der Waals surface area contributed by atoms with E-state index in [9.17, 15) is 0 Å². The molecule has 1 aliphatic heterocycles. The summed E-state index contributed by atoms with van der Waals surface area (Å²) < 4.78 is 0. The zero-order valence-electron chi connectivity index (χ0n) is 13.1. The van der Waals surface area contributed by atoms with E-state index < -0.39 is 0 Å². The van der Waals surface area contributed by atoms with Crippen molar-refractivity contribution >= 4 is 0 Å². The van der Waals surface area contributed by atoms with E-state index in [4.69, 9.17) is 5.73 Å². The van der Waals surface area contributed by atoms with Crippen molar-refractivity contribution < 1.29 is 0 Å². The molecule has 19 heavy (non-hydrogen) atoms. The lowest BCUT2D eigenvalue weighted by molar-refractivity contribution is 0.0912. The van der Waals surface area contributed by atoms with Crippen LogP contribution >= 0.6 is 0 Å². The van der Waals surface area contributed by atoms with E-state index in [1.165, 1.54) is 58.5 Å². The van der Waals surface area contributed by atoms with E-state index in [2.05, 4.69) is 30.6 Å². The summed E-state index contributed by atoms with van der Waals surface area (Å²) in [6.45, 7) is 14.5. The molecule has 1 aliphatic carbocycles. The van der Waals surface area contributed by atoms with Gasteiger partial charge in [0, 0.05) is 45.3 Å². The second-order valence-electron chi connectivity index (χ2n) is 7.34. The van der Waals surface area contributed by atoms with Gasteiger partial charge >= 0.3 is 0 Å². The fraction of sp³-hybridized carbons (Fsp3) is 1.00. The predicted molar refractivity (Wildman–Crippen MR) is 82.2 cm³/mol. The number of nitrogens with zero attached hydrogens (tertiary/aromatic N) is 2. The molecule has 1 saturated heterocycles. The molecule has 3 nitrogen and oxygen atoms in total. The van der Waals surface area contributed by atoms with E-state index in [-0.39, 0.29) is 0 Å². The molecule has 0 spiro atoms. The summed E-state index contributed by atoms with van der Waals surface area (Å²) in [6, 6.07) is 0.449. The maximum atomic E-state index is 6.31. The molecule has 3 unspecified atom stereocenters. The van der Waals surface area contributed by atoms with Crippen molar-refractivity contribution in [1.82, 2.24) is 9.80 Å². The monoisotopic (exact) mass is 267 g/mol. The number of hydrogen-bond donors (Lipinski definition) is 1. The topological polar surface area (TPSA) is 32.5 Å². The van der Waals surface area contributed by atoms with Gasteiger partial charge in [-0.3, -0.25) is 0 Å². The Kier molecular flexibility index (Phi) is 5.67. The van der Waals surface area contributed by atoms with Crippen LogP contribution < -0.4 is 5.73 Å². The van der Waals surface area contributed by atoms with Crippen molar-refractivity contribution in [2.75, 3.05) is 39.3 Å². The molecule has 2 N–H and O–H groups in total. The standard InChI is InChI=1S/C16H33N3/c1-13(2)11-18-6-8-19(9-7-18)12-15-10-14(3)4-5-16(15)17/h13-16H,4-12,17H2,1-3H3. The molecule has 112 valence electrons. The van der Waals surface area contributed by atoms with Gasteiger partial charge < -0.3 is 15.5 Å². The Morgan fingerprint density at radius 1 is 1.05 bits per heavy atom. The number of rotatable bonds is 4. The molecule has 0 aromatic rings. The van der Waals surface area contributed by atoms with Crippen LogP contribution in [0.3, 0.4) is 0 Å². The molecule has 1 heterocycles. The first-order valence-electron chi connectivity index (χ1n) is 8.25. The fourth-order valence-electron chi connectivity index (χ4n) is 3.73. The van der Waals surface area contributed by atoms with E-state index >= 15 is 0 Å². The highest BCUT2D eigenvalue weighted by molar-refractivity contribution is 4.84. The van der Waals surface area contributed by atoms with Crippen LogP contribution in [0.1, 0.15) is 40.0 Å². The number of hydrogen-bond acceptors (Lipinski definition) is 3. The first-order valence-corrected chi connectivity index (χ1v) is 8.25. The second kappa shape index (κ2) is 7.05. The predicted octanol–water partition coefficient (Wildman–Crippen LogP) is 2.02. The zero-order valence-corrected chi connectivity index (χ0v) is 13.1. The summed E-state index contributed by atoms with van der Waals surface area (Å²) in [6.07, 6.45) is 3.91. The van der Waals surface area contributed by atoms with Gasteiger partial charge in [0.05, 0.1) is 0 Å². The van der Waals surface area contributed by atoms with Crippen LogP contribution in [-0.4, -0.2) is 55.1 Å². The largest absolute Gasteiger partial charge is 0.327 e. The van der Waals surface area contributed by atoms with Crippen LogP contribution in [0.25, 0.3) is 0 Å². The smallest absolute Gasteiger partial charge is 0.0110 e. The van der Waals surface area contributed by atoms with Gasteiger partial charge in [-0.15, -0.1) is 0 Å². The molecule has 2 rings (SSSR count). The molecule has 1 saturated carbocycles. The van der Waals surface area contributed by atoms with Crippen LogP contribution in [0.4, 0.5) is 0 Å². The molecule has 0 aromatic heterocycles. The third-order valence-corrected chi connectivity index (χ3v) is 4.88. The Balaban J connectivity index is 1.72. The minimum atomic E-state index is 0.449. The summed E-state index contributed by atoms with van der Waals surface area (Å²) in [5.74, 6) is 2.41. The normalized spacial score (nSPS) is 34.9. The zero-order chi connectivity index (χ0) is 13.8. The Labute approximate surface area is 119 Å². The Bertz CT molecular complexity index is 259. The van der Waals surface area contributed by atoms with Gasteiger partial charge in [0.25, 0.3) is 0 Å². The summed E-state index contributed by atoms with van der Waals surface area (Å²) in [5.41, 5.74) is 6.31. The van der Waals surface area contributed by atoms with Gasteiger partial charge in [0.15, 0.2) is 0 Å². The minimum absolute atomic E-state index is 0.449. The second-order valence-corrected chi connectivity index (χ2v) is 7.34. The Morgan fingerprint density at radius 2 is 1.68 bits per heavy atom. The summed E-state index contributed by atoms with van der Waals surface area (Å²) in [4.78, 5) is 5.27. The van der Waals surface area contributed by atoms with Gasteiger partial charge in [-0.2, -0.15) is 0 Å². The highest BCUT2D eigenvalue weighted by Crippen LogP contribution is 2.28. The van der Waals surface area contributed by atoms with Crippen LogP contribution in [0.5, 0.6) is 0 Å². The number of nitrogens with two attached hydrogens (primary N) is 1. The van der Waals surface area contributed by atoms with E-state index in [1.807, 2.05) is 0 Å². The fourth-order valence-corrected chi connectivity index (χ4v) is 3.73. The van der Waals surface area contributed by atoms with Gasteiger partial charge in [-0.25, -0.2) is 0 Å². The van der Waals surface area contributed by atoms with Crippen LogP contribution in [0.2, 0.25) is 0 Å². The maximum Gasteiger partial charge on any atom is 0.0110 e. The minimum Gasteiger partial charge on any atom is -0.327 e. The Morgan fingerprint density at radius 3 is 2.32 bits per heavy atom. The average Bonchev–Trinajstić information content (AvgIpc) is 2.35. The highest BCUT2D eigenvalue weighted by Gasteiger charge is 2.28. The summed E-state index contributed by atoms with van der Waals surface area (Å²) in [7, 11) is 0. The molecule has 0 aromatic carbocycles. The van der Waals surface area contributed by atoms with E-state index in [0.29, 0.717) is 6.04 Å². The van der Waals surface area contributed by atoms with Gasteiger partial charge in [-0.1, -0.05) is 20.8 Å². The van der Waals surface area contributed by atoms with Crippen molar-refractivity contribution in [3.8, 4) is 0 Å². The average molecular weight is 267 g/mol. The van der Waals surface area contributed by atoms with Gasteiger partial charge in [-0.05, 0) is 37.0 Å². The van der Waals surface area contributed by atoms with Crippen LogP contribution in [0, 0.1) is 17.8 Å². The third-order valence-electron chi connectivity index (χ3n) is 4.88. The molecular formula is C16H33N3. The van der Waals surface area contributed by atoms with Gasteiger partial charge in [0.2, 0.25) is 0 Å². The highest BCUT2D eigenvalue weighted by atomic mass is 15.3. The van der Waals surface area contributed by atoms with Crippen molar-refractivity contribution in [2.24, 2.45) is 23.5 Å². The van der Waals surface area contributed by atoms with Crippen molar-refractivity contribution in [1.29, 1.82) is 0 Å². The van der Waals surface area contributed by atoms with Crippen molar-refractivity contribution in [3.63, 3.8) is 0 Å². The van der Waals surface area contributed by atoms with E-state index in [0.717, 1.165) is 17.8 Å². The van der Waals surface area contributed by atoms with Crippen LogP contribution in [-0.2, 0) is 0 Å². The lowest BCUT2D eigenvalue weighted by Crippen LogP contribution is -2.51. The van der Waals surface area contributed by atoms with Crippen molar-refractivity contribution in [3.05, 3.63) is 0 Å².